The van der Waals surface area contributed by atoms with Crippen LogP contribution >= 0.6 is 0 Å². The number of para-hydroxylation sites is 2. The van der Waals surface area contributed by atoms with Crippen molar-refractivity contribution < 1.29 is 9.59 Å². The minimum absolute atomic E-state index is 0.0458. The summed E-state index contributed by atoms with van der Waals surface area (Å²) in [4.78, 5) is 31.2. The van der Waals surface area contributed by atoms with Gasteiger partial charge in [0, 0.05) is 33.5 Å². The van der Waals surface area contributed by atoms with Crippen molar-refractivity contribution in [3.05, 3.63) is 30.1 Å². The number of amides is 2. The molecule has 2 aliphatic rings. The second-order valence-corrected chi connectivity index (χ2v) is 6.64. The van der Waals surface area contributed by atoms with Gasteiger partial charge in [0.1, 0.15) is 11.5 Å². The number of nitrogens with zero attached hydrogens (tertiary/aromatic N) is 5. The Morgan fingerprint density at radius 1 is 1.20 bits per heavy atom. The first kappa shape index (κ1) is 15.8. The van der Waals surface area contributed by atoms with Gasteiger partial charge in [0.25, 0.3) is 5.91 Å². The highest BCUT2D eigenvalue weighted by Gasteiger charge is 2.36. The summed E-state index contributed by atoms with van der Waals surface area (Å²) in [5, 5.41) is 5.46. The number of hydrogen-bond donors (Lipinski definition) is 0. The second kappa shape index (κ2) is 5.98. The Balaban J connectivity index is 1.66. The molecular formula is C18H21N5O2. The van der Waals surface area contributed by atoms with E-state index in [0.717, 1.165) is 29.7 Å². The molecule has 7 nitrogen and oxygen atoms in total. The Morgan fingerprint density at radius 2 is 2.00 bits per heavy atom. The summed E-state index contributed by atoms with van der Waals surface area (Å²) in [6.07, 6.45) is 2.59. The molecule has 2 amide bonds. The SMILES string of the molecule is CN1N=C(C(=O)N2CCCC2c2nc3ccccc3n2C)CCC1=O. The maximum absolute atomic E-state index is 13.0. The van der Waals surface area contributed by atoms with Crippen molar-refractivity contribution in [1.82, 2.24) is 19.5 Å². The third kappa shape index (κ3) is 2.59. The van der Waals surface area contributed by atoms with Gasteiger partial charge in [0.05, 0.1) is 17.1 Å². The number of aryl methyl sites for hydroxylation is 1. The molecule has 2 aliphatic heterocycles. The van der Waals surface area contributed by atoms with Crippen molar-refractivity contribution in [3.63, 3.8) is 0 Å². The number of carbonyl (C=O) groups is 2. The lowest BCUT2D eigenvalue weighted by Crippen LogP contribution is -2.40. The monoisotopic (exact) mass is 339 g/mol. The quantitative estimate of drug-likeness (QED) is 0.838. The van der Waals surface area contributed by atoms with Crippen molar-refractivity contribution in [2.75, 3.05) is 13.6 Å². The number of fused-ring (bicyclic) bond motifs is 1. The Morgan fingerprint density at radius 3 is 2.76 bits per heavy atom. The van der Waals surface area contributed by atoms with E-state index in [1.54, 1.807) is 7.05 Å². The molecule has 1 fully saturated rings. The highest BCUT2D eigenvalue weighted by atomic mass is 16.2. The second-order valence-electron chi connectivity index (χ2n) is 6.64. The zero-order valence-corrected chi connectivity index (χ0v) is 14.5. The van der Waals surface area contributed by atoms with Gasteiger partial charge in [-0.05, 0) is 25.0 Å². The Labute approximate surface area is 145 Å². The number of likely N-dealkylation sites (tertiary alicyclic amines) is 1. The number of imidazole rings is 1. The number of rotatable bonds is 2. The molecule has 1 unspecified atom stereocenters. The fourth-order valence-electron chi connectivity index (χ4n) is 3.73. The van der Waals surface area contributed by atoms with Crippen molar-refractivity contribution in [1.29, 1.82) is 0 Å². The first-order valence-electron chi connectivity index (χ1n) is 8.62. The van der Waals surface area contributed by atoms with Crippen LogP contribution in [-0.2, 0) is 16.6 Å². The average Bonchev–Trinajstić information content (AvgIpc) is 3.22. The molecule has 0 aliphatic carbocycles. The van der Waals surface area contributed by atoms with Gasteiger partial charge in [-0.2, -0.15) is 5.10 Å². The van der Waals surface area contributed by atoms with Crippen molar-refractivity contribution in [3.8, 4) is 0 Å². The van der Waals surface area contributed by atoms with Crippen LogP contribution in [0.15, 0.2) is 29.4 Å². The predicted molar refractivity (Wildman–Crippen MR) is 93.8 cm³/mol. The Kier molecular flexibility index (Phi) is 3.78. The average molecular weight is 339 g/mol. The first-order valence-corrected chi connectivity index (χ1v) is 8.62. The van der Waals surface area contributed by atoms with Gasteiger partial charge in [-0.25, -0.2) is 9.99 Å². The van der Waals surface area contributed by atoms with Crippen molar-refractivity contribution in [2.45, 2.75) is 31.7 Å². The van der Waals surface area contributed by atoms with Gasteiger partial charge in [-0.15, -0.1) is 0 Å². The number of hydrogen-bond acceptors (Lipinski definition) is 4. The largest absolute Gasteiger partial charge is 0.329 e. The molecule has 0 N–H and O–H groups in total. The van der Waals surface area contributed by atoms with Gasteiger partial charge in [-0.3, -0.25) is 9.59 Å². The summed E-state index contributed by atoms with van der Waals surface area (Å²) >= 11 is 0. The van der Waals surface area contributed by atoms with Crippen LogP contribution in [0, 0.1) is 0 Å². The fraction of sp³-hybridized carbons (Fsp3) is 0.444. The molecule has 0 spiro atoms. The summed E-state index contributed by atoms with van der Waals surface area (Å²) in [5.41, 5.74) is 2.48. The minimum atomic E-state index is -0.0751. The summed E-state index contributed by atoms with van der Waals surface area (Å²) in [7, 11) is 3.60. The van der Waals surface area contributed by atoms with Crippen LogP contribution in [0.25, 0.3) is 11.0 Å². The van der Waals surface area contributed by atoms with E-state index in [1.165, 1.54) is 5.01 Å². The van der Waals surface area contributed by atoms with Crippen LogP contribution in [0.1, 0.15) is 37.5 Å². The smallest absolute Gasteiger partial charge is 0.270 e. The highest BCUT2D eigenvalue weighted by Crippen LogP contribution is 2.33. The zero-order chi connectivity index (χ0) is 17.6. The van der Waals surface area contributed by atoms with Crippen LogP contribution < -0.4 is 0 Å². The van der Waals surface area contributed by atoms with Crippen molar-refractivity contribution in [2.24, 2.45) is 12.1 Å². The molecule has 1 aromatic carbocycles. The van der Waals surface area contributed by atoms with E-state index in [9.17, 15) is 9.59 Å². The molecule has 130 valence electrons. The van der Waals surface area contributed by atoms with E-state index < -0.39 is 0 Å². The van der Waals surface area contributed by atoms with E-state index in [-0.39, 0.29) is 17.9 Å². The topological polar surface area (TPSA) is 70.8 Å². The highest BCUT2D eigenvalue weighted by molar-refractivity contribution is 6.39. The Hall–Kier alpha value is -2.70. The molecule has 3 heterocycles. The maximum Gasteiger partial charge on any atom is 0.270 e. The lowest BCUT2D eigenvalue weighted by atomic mass is 10.1. The van der Waals surface area contributed by atoms with Crippen LogP contribution in [0.5, 0.6) is 0 Å². The molecule has 7 heteroatoms. The molecule has 0 bridgehead atoms. The van der Waals surface area contributed by atoms with Gasteiger partial charge < -0.3 is 9.47 Å². The van der Waals surface area contributed by atoms with Crippen LogP contribution in [0.3, 0.4) is 0 Å². The molecule has 4 rings (SSSR count). The van der Waals surface area contributed by atoms with E-state index in [2.05, 4.69) is 9.67 Å². The van der Waals surface area contributed by atoms with Gasteiger partial charge in [0.15, 0.2) is 0 Å². The van der Waals surface area contributed by atoms with E-state index in [0.29, 0.717) is 25.1 Å². The molecule has 25 heavy (non-hydrogen) atoms. The molecule has 1 saturated heterocycles. The van der Waals surface area contributed by atoms with Gasteiger partial charge in [-0.1, -0.05) is 12.1 Å². The summed E-state index contributed by atoms with van der Waals surface area (Å²) in [5.74, 6) is 0.784. The van der Waals surface area contributed by atoms with Gasteiger partial charge >= 0.3 is 0 Å². The summed E-state index contributed by atoms with van der Waals surface area (Å²) in [6, 6.07) is 7.95. The zero-order valence-electron chi connectivity index (χ0n) is 14.5. The van der Waals surface area contributed by atoms with E-state index in [1.807, 2.05) is 36.2 Å². The van der Waals surface area contributed by atoms with E-state index in [4.69, 9.17) is 4.98 Å². The number of benzene rings is 1. The van der Waals surface area contributed by atoms with Crippen LogP contribution in [0.2, 0.25) is 0 Å². The number of hydrazone groups is 1. The van der Waals surface area contributed by atoms with Crippen LogP contribution in [-0.4, -0.2) is 50.6 Å². The summed E-state index contributed by atoms with van der Waals surface area (Å²) in [6.45, 7) is 0.698. The number of aromatic nitrogens is 2. The molecular weight excluding hydrogens is 318 g/mol. The summed E-state index contributed by atoms with van der Waals surface area (Å²) < 4.78 is 2.07. The minimum Gasteiger partial charge on any atom is -0.329 e. The lowest BCUT2D eigenvalue weighted by Gasteiger charge is -2.27. The van der Waals surface area contributed by atoms with Crippen molar-refractivity contribution >= 4 is 28.6 Å². The number of carbonyl (C=O) groups excluding carboxylic acids is 2. The molecule has 0 saturated carbocycles. The Bertz CT molecular complexity index is 885. The lowest BCUT2D eigenvalue weighted by molar-refractivity contribution is -0.130. The molecule has 0 radical (unpaired) electrons. The van der Waals surface area contributed by atoms with Gasteiger partial charge in [0.2, 0.25) is 5.91 Å². The predicted octanol–water partition coefficient (Wildman–Crippen LogP) is 1.84. The molecule has 1 atom stereocenters. The maximum atomic E-state index is 13.0. The molecule has 2 aromatic rings. The van der Waals surface area contributed by atoms with E-state index >= 15 is 0 Å². The third-order valence-corrected chi connectivity index (χ3v) is 5.09. The van der Waals surface area contributed by atoms with Crippen LogP contribution in [0.4, 0.5) is 0 Å². The fourth-order valence-corrected chi connectivity index (χ4v) is 3.73. The third-order valence-electron chi connectivity index (χ3n) is 5.09. The first-order chi connectivity index (χ1) is 12.1. The normalized spacial score (nSPS) is 21.1. The standard InChI is InChI=1S/C18H21N5O2/c1-21-14-7-4-3-6-12(14)19-17(21)15-8-5-11-23(15)18(25)13-9-10-16(24)22(2)20-13/h3-4,6-7,15H,5,8-11H2,1-2H3. The molecule has 1 aromatic heterocycles.